The van der Waals surface area contributed by atoms with E-state index in [-0.39, 0.29) is 0 Å². The van der Waals surface area contributed by atoms with E-state index in [4.69, 9.17) is 0 Å². The van der Waals surface area contributed by atoms with Crippen LogP contribution in [0.1, 0.15) is 36.5 Å². The minimum absolute atomic E-state index is 0.937. The van der Waals surface area contributed by atoms with Gasteiger partial charge in [0.1, 0.15) is 0 Å². The molecular formula is C24H25N. The van der Waals surface area contributed by atoms with E-state index in [1.165, 1.54) is 51.8 Å². The van der Waals surface area contributed by atoms with Gasteiger partial charge in [0.25, 0.3) is 0 Å². The van der Waals surface area contributed by atoms with Gasteiger partial charge in [-0.3, -0.25) is 0 Å². The molecule has 0 fully saturated rings. The lowest BCUT2D eigenvalue weighted by Crippen LogP contribution is -2.15. The molecule has 0 radical (unpaired) electrons. The number of benzene rings is 3. The van der Waals surface area contributed by atoms with Gasteiger partial charge in [-0.25, -0.2) is 0 Å². The SMILES string of the molecule is CCCCNCc1ccccc1-c1cccc2c1Cc1ccccc1-2. The summed E-state index contributed by atoms with van der Waals surface area (Å²) in [4.78, 5) is 0. The largest absolute Gasteiger partial charge is 0.313 e. The first-order valence-electron chi connectivity index (χ1n) is 9.37. The maximum atomic E-state index is 3.60. The van der Waals surface area contributed by atoms with Crippen LogP contribution in [-0.2, 0) is 13.0 Å². The molecule has 0 saturated carbocycles. The van der Waals surface area contributed by atoms with Crippen LogP contribution in [0.3, 0.4) is 0 Å². The molecule has 1 aliphatic rings. The molecule has 0 amide bonds. The maximum Gasteiger partial charge on any atom is 0.0211 e. The van der Waals surface area contributed by atoms with E-state index in [2.05, 4.69) is 79.0 Å². The van der Waals surface area contributed by atoms with Gasteiger partial charge < -0.3 is 5.32 Å². The highest BCUT2D eigenvalue weighted by molar-refractivity contribution is 5.85. The lowest BCUT2D eigenvalue weighted by molar-refractivity contribution is 0.642. The van der Waals surface area contributed by atoms with Gasteiger partial charge in [-0.15, -0.1) is 0 Å². The third-order valence-electron chi connectivity index (χ3n) is 5.18. The zero-order valence-electron chi connectivity index (χ0n) is 14.9. The monoisotopic (exact) mass is 327 g/mol. The Morgan fingerprint density at radius 2 is 1.44 bits per heavy atom. The van der Waals surface area contributed by atoms with Crippen LogP contribution in [-0.4, -0.2) is 6.54 Å². The van der Waals surface area contributed by atoms with Crippen molar-refractivity contribution in [2.24, 2.45) is 0 Å². The van der Waals surface area contributed by atoms with Crippen LogP contribution >= 0.6 is 0 Å². The fourth-order valence-corrected chi connectivity index (χ4v) is 3.87. The molecule has 3 aromatic carbocycles. The minimum atomic E-state index is 0.937. The summed E-state index contributed by atoms with van der Waals surface area (Å²) in [6.07, 6.45) is 3.51. The molecule has 126 valence electrons. The summed E-state index contributed by atoms with van der Waals surface area (Å²) in [7, 11) is 0. The van der Waals surface area contributed by atoms with Crippen LogP contribution in [0.4, 0.5) is 0 Å². The van der Waals surface area contributed by atoms with Gasteiger partial charge in [-0.1, -0.05) is 80.1 Å². The van der Waals surface area contributed by atoms with Gasteiger partial charge in [0.15, 0.2) is 0 Å². The Labute approximate surface area is 150 Å². The van der Waals surface area contributed by atoms with Crippen molar-refractivity contribution in [3.05, 3.63) is 83.4 Å². The fraction of sp³-hybridized carbons (Fsp3) is 0.250. The third-order valence-corrected chi connectivity index (χ3v) is 5.18. The first kappa shape index (κ1) is 16.1. The molecule has 0 bridgehead atoms. The normalized spacial score (nSPS) is 12.0. The lowest BCUT2D eigenvalue weighted by atomic mass is 9.92. The fourth-order valence-electron chi connectivity index (χ4n) is 3.87. The highest BCUT2D eigenvalue weighted by atomic mass is 14.8. The van der Waals surface area contributed by atoms with Gasteiger partial charge in [0, 0.05) is 6.54 Å². The predicted molar refractivity (Wildman–Crippen MR) is 107 cm³/mol. The molecule has 0 heterocycles. The van der Waals surface area contributed by atoms with Gasteiger partial charge in [0.05, 0.1) is 0 Å². The molecule has 1 N–H and O–H groups in total. The van der Waals surface area contributed by atoms with E-state index >= 15 is 0 Å². The van der Waals surface area contributed by atoms with Crippen LogP contribution in [0, 0.1) is 0 Å². The van der Waals surface area contributed by atoms with Crippen LogP contribution in [0.5, 0.6) is 0 Å². The molecule has 0 spiro atoms. The third kappa shape index (κ3) is 3.12. The second-order valence-corrected chi connectivity index (χ2v) is 6.85. The summed E-state index contributed by atoms with van der Waals surface area (Å²) in [6.45, 7) is 4.26. The molecule has 0 saturated heterocycles. The van der Waals surface area contributed by atoms with Gasteiger partial charge in [0.2, 0.25) is 0 Å². The van der Waals surface area contributed by atoms with Crippen molar-refractivity contribution in [2.75, 3.05) is 6.54 Å². The number of rotatable bonds is 6. The predicted octanol–water partition coefficient (Wildman–Crippen LogP) is 5.81. The van der Waals surface area contributed by atoms with Crippen molar-refractivity contribution in [2.45, 2.75) is 32.7 Å². The van der Waals surface area contributed by atoms with E-state index < -0.39 is 0 Å². The average molecular weight is 327 g/mol. The number of hydrogen-bond acceptors (Lipinski definition) is 1. The van der Waals surface area contributed by atoms with Crippen molar-refractivity contribution >= 4 is 0 Å². The molecule has 1 nitrogen and oxygen atoms in total. The molecule has 25 heavy (non-hydrogen) atoms. The van der Waals surface area contributed by atoms with Crippen molar-refractivity contribution in [1.29, 1.82) is 0 Å². The van der Waals surface area contributed by atoms with E-state index in [1.54, 1.807) is 0 Å². The standard InChI is InChI=1S/C24H25N/c1-2-3-15-25-17-19-10-5-7-12-21(19)23-14-8-13-22-20-11-6-4-9-18(20)16-24(22)23/h4-14,25H,2-3,15-17H2,1H3. The molecule has 0 unspecified atom stereocenters. The zero-order valence-corrected chi connectivity index (χ0v) is 14.9. The average Bonchev–Trinajstić information content (AvgIpc) is 3.04. The second kappa shape index (κ2) is 7.25. The highest BCUT2D eigenvalue weighted by Gasteiger charge is 2.21. The molecule has 1 heteroatoms. The second-order valence-electron chi connectivity index (χ2n) is 6.85. The molecule has 3 aromatic rings. The summed E-state index contributed by atoms with van der Waals surface area (Å²) >= 11 is 0. The Hall–Kier alpha value is -2.38. The summed E-state index contributed by atoms with van der Waals surface area (Å²) < 4.78 is 0. The molecule has 4 rings (SSSR count). The van der Waals surface area contributed by atoms with Crippen LogP contribution in [0.2, 0.25) is 0 Å². The number of fused-ring (bicyclic) bond motifs is 3. The van der Waals surface area contributed by atoms with Crippen molar-refractivity contribution < 1.29 is 0 Å². The van der Waals surface area contributed by atoms with Crippen molar-refractivity contribution in [1.82, 2.24) is 5.32 Å². The zero-order chi connectivity index (χ0) is 17.1. The van der Waals surface area contributed by atoms with Gasteiger partial charge in [-0.2, -0.15) is 0 Å². The van der Waals surface area contributed by atoms with E-state index in [0.29, 0.717) is 0 Å². The summed E-state index contributed by atoms with van der Waals surface area (Å²) in [6, 6.07) is 24.4. The Bertz CT molecular complexity index is 879. The molecule has 0 atom stereocenters. The Kier molecular flexibility index (Phi) is 4.67. The quantitative estimate of drug-likeness (QED) is 0.440. The van der Waals surface area contributed by atoms with E-state index in [0.717, 1.165) is 19.5 Å². The van der Waals surface area contributed by atoms with Crippen molar-refractivity contribution in [3.8, 4) is 22.3 Å². The Morgan fingerprint density at radius 3 is 2.28 bits per heavy atom. The van der Waals surface area contributed by atoms with Gasteiger partial charge in [-0.05, 0) is 58.3 Å². The number of hydrogen-bond donors (Lipinski definition) is 1. The van der Waals surface area contributed by atoms with E-state index in [1.807, 2.05) is 0 Å². The first-order valence-corrected chi connectivity index (χ1v) is 9.37. The van der Waals surface area contributed by atoms with Crippen LogP contribution in [0.25, 0.3) is 22.3 Å². The molecular weight excluding hydrogens is 302 g/mol. The number of unbranched alkanes of at least 4 members (excludes halogenated alkanes) is 1. The van der Waals surface area contributed by atoms with E-state index in [9.17, 15) is 0 Å². The molecule has 1 aliphatic carbocycles. The molecule has 0 aliphatic heterocycles. The van der Waals surface area contributed by atoms with Crippen LogP contribution in [0.15, 0.2) is 66.7 Å². The van der Waals surface area contributed by atoms with Gasteiger partial charge >= 0.3 is 0 Å². The smallest absolute Gasteiger partial charge is 0.0211 e. The first-order chi connectivity index (χ1) is 12.4. The van der Waals surface area contributed by atoms with Crippen LogP contribution < -0.4 is 5.32 Å². The maximum absolute atomic E-state index is 3.60. The summed E-state index contributed by atoms with van der Waals surface area (Å²) in [5.41, 5.74) is 9.88. The van der Waals surface area contributed by atoms with Crippen molar-refractivity contribution in [3.63, 3.8) is 0 Å². The Morgan fingerprint density at radius 1 is 0.760 bits per heavy atom. The lowest BCUT2D eigenvalue weighted by Gasteiger charge is -2.14. The minimum Gasteiger partial charge on any atom is -0.313 e. The number of nitrogens with one attached hydrogen (secondary N) is 1. The summed E-state index contributed by atoms with van der Waals surface area (Å²) in [5, 5.41) is 3.60. The Balaban J connectivity index is 1.70. The highest BCUT2D eigenvalue weighted by Crippen LogP contribution is 2.42. The topological polar surface area (TPSA) is 12.0 Å². The molecule has 0 aromatic heterocycles. The summed E-state index contributed by atoms with van der Waals surface area (Å²) in [5.74, 6) is 0.